The summed E-state index contributed by atoms with van der Waals surface area (Å²) in [5.74, 6) is -0.0379. The van der Waals surface area contributed by atoms with Gasteiger partial charge in [0, 0.05) is 19.2 Å². The molecule has 9 heteroatoms. The van der Waals surface area contributed by atoms with E-state index >= 15 is 0 Å². The molecule has 1 aromatic carbocycles. The van der Waals surface area contributed by atoms with Crippen molar-refractivity contribution in [2.45, 2.75) is 31.6 Å². The number of anilines is 2. The highest BCUT2D eigenvalue weighted by molar-refractivity contribution is 7.93. The van der Waals surface area contributed by atoms with Crippen LogP contribution in [0.2, 0.25) is 0 Å². The molecule has 1 N–H and O–H groups in total. The molecule has 0 unspecified atom stereocenters. The fraction of sp³-hybridized carbons (Fsp3) is 0.357. The van der Waals surface area contributed by atoms with Crippen molar-refractivity contribution in [1.82, 2.24) is 10.2 Å². The number of aromatic nitrogens is 2. The first-order chi connectivity index (χ1) is 10.9. The van der Waals surface area contributed by atoms with Crippen molar-refractivity contribution in [3.05, 3.63) is 28.8 Å². The maximum absolute atomic E-state index is 12.5. The molecule has 1 amide bonds. The van der Waals surface area contributed by atoms with Gasteiger partial charge >= 0.3 is 0 Å². The van der Waals surface area contributed by atoms with Gasteiger partial charge in [0.25, 0.3) is 10.0 Å². The number of rotatable bonds is 3. The molecular formula is C14H16N4O3S2. The minimum Gasteiger partial charge on any atom is -0.312 e. The van der Waals surface area contributed by atoms with E-state index in [1.165, 1.54) is 24.3 Å². The lowest BCUT2D eigenvalue weighted by Gasteiger charge is -2.28. The molecule has 0 spiro atoms. The Morgan fingerprint density at radius 3 is 2.78 bits per heavy atom. The van der Waals surface area contributed by atoms with Gasteiger partial charge < -0.3 is 4.90 Å². The van der Waals surface area contributed by atoms with Crippen LogP contribution in [0.4, 0.5) is 10.8 Å². The number of nitrogens with zero attached hydrogens (tertiary/aromatic N) is 3. The first kappa shape index (κ1) is 15.9. The zero-order valence-corrected chi connectivity index (χ0v) is 14.4. The minimum absolute atomic E-state index is 0.0379. The van der Waals surface area contributed by atoms with Crippen LogP contribution in [0.5, 0.6) is 0 Å². The topological polar surface area (TPSA) is 92.3 Å². The summed E-state index contributed by atoms with van der Waals surface area (Å²) in [4.78, 5) is 13.5. The first-order valence-corrected chi connectivity index (χ1v) is 9.41. The second-order valence-corrected chi connectivity index (χ2v) is 8.16. The van der Waals surface area contributed by atoms with Gasteiger partial charge in [-0.25, -0.2) is 8.42 Å². The number of benzene rings is 1. The zero-order chi connectivity index (χ0) is 16.6. The predicted molar refractivity (Wildman–Crippen MR) is 88.2 cm³/mol. The van der Waals surface area contributed by atoms with Gasteiger partial charge in [0.2, 0.25) is 11.0 Å². The lowest BCUT2D eigenvalue weighted by molar-refractivity contribution is -0.116. The number of carbonyl (C=O) groups excluding carboxylic acids is 1. The largest absolute Gasteiger partial charge is 0.312 e. The van der Waals surface area contributed by atoms with Crippen molar-refractivity contribution in [3.8, 4) is 0 Å². The number of nitrogens with one attached hydrogen (secondary N) is 1. The molecule has 2 aromatic rings. The maximum atomic E-state index is 12.5. The van der Waals surface area contributed by atoms with Crippen molar-refractivity contribution >= 4 is 38.1 Å². The van der Waals surface area contributed by atoms with Crippen molar-refractivity contribution in [1.29, 1.82) is 0 Å². The molecule has 0 fully saturated rings. The Kier molecular flexibility index (Phi) is 4.07. The Labute approximate surface area is 138 Å². The van der Waals surface area contributed by atoms with Gasteiger partial charge in [-0.05, 0) is 43.5 Å². The van der Waals surface area contributed by atoms with Gasteiger partial charge in [0.1, 0.15) is 5.01 Å². The summed E-state index contributed by atoms with van der Waals surface area (Å²) in [6, 6.07) is 4.83. The highest BCUT2D eigenvalue weighted by Gasteiger charge is 2.23. The van der Waals surface area contributed by atoms with E-state index in [-0.39, 0.29) is 15.9 Å². The SMILES string of the molecule is CC(=O)N1CCCc2cc(S(=O)(=O)Nc3nnc(C)s3)ccc21. The van der Waals surface area contributed by atoms with Crippen LogP contribution in [-0.4, -0.2) is 31.1 Å². The fourth-order valence-electron chi connectivity index (χ4n) is 2.58. The number of fused-ring (bicyclic) bond motifs is 1. The number of amides is 1. The molecule has 0 radical (unpaired) electrons. The third kappa shape index (κ3) is 3.20. The fourth-order valence-corrected chi connectivity index (χ4v) is 4.45. The van der Waals surface area contributed by atoms with E-state index in [0.717, 1.165) is 24.1 Å². The van der Waals surface area contributed by atoms with Crippen LogP contribution in [0.15, 0.2) is 23.1 Å². The highest BCUT2D eigenvalue weighted by atomic mass is 32.2. The summed E-state index contributed by atoms with van der Waals surface area (Å²) >= 11 is 1.18. The molecule has 0 saturated carbocycles. The first-order valence-electron chi connectivity index (χ1n) is 7.11. The summed E-state index contributed by atoms with van der Waals surface area (Å²) in [6.45, 7) is 3.93. The summed E-state index contributed by atoms with van der Waals surface area (Å²) in [5, 5.41) is 8.49. The Hall–Kier alpha value is -2.00. The third-order valence-corrected chi connectivity index (χ3v) is 5.83. The van der Waals surface area contributed by atoms with Gasteiger partial charge in [-0.1, -0.05) is 11.3 Å². The Morgan fingerprint density at radius 2 is 2.13 bits per heavy atom. The average molecular weight is 352 g/mol. The van der Waals surface area contributed by atoms with Crippen LogP contribution in [0.1, 0.15) is 23.9 Å². The second kappa shape index (κ2) is 5.89. The third-order valence-electron chi connectivity index (χ3n) is 3.61. The smallest absolute Gasteiger partial charge is 0.263 e. The van der Waals surface area contributed by atoms with E-state index in [0.29, 0.717) is 11.6 Å². The van der Waals surface area contributed by atoms with Crippen molar-refractivity contribution in [2.75, 3.05) is 16.2 Å². The lowest BCUT2D eigenvalue weighted by Crippen LogP contribution is -2.33. The normalized spacial score (nSPS) is 14.4. The van der Waals surface area contributed by atoms with Gasteiger partial charge in [-0.3, -0.25) is 9.52 Å². The summed E-state index contributed by atoms with van der Waals surface area (Å²) < 4.78 is 27.4. The molecular weight excluding hydrogens is 336 g/mol. The van der Waals surface area contributed by atoms with Gasteiger partial charge in [-0.2, -0.15) is 0 Å². The summed E-state index contributed by atoms with van der Waals surface area (Å²) in [7, 11) is -3.72. The van der Waals surface area contributed by atoms with E-state index in [1.54, 1.807) is 24.0 Å². The van der Waals surface area contributed by atoms with Crippen LogP contribution in [0.25, 0.3) is 0 Å². The number of hydrogen-bond acceptors (Lipinski definition) is 6. The minimum atomic E-state index is -3.72. The molecule has 0 bridgehead atoms. The molecule has 7 nitrogen and oxygen atoms in total. The molecule has 0 aliphatic carbocycles. The number of hydrogen-bond donors (Lipinski definition) is 1. The molecule has 0 saturated heterocycles. The van der Waals surface area contributed by atoms with Crippen molar-refractivity contribution in [2.24, 2.45) is 0 Å². The molecule has 1 aliphatic heterocycles. The van der Waals surface area contributed by atoms with Crippen LogP contribution < -0.4 is 9.62 Å². The monoisotopic (exact) mass is 352 g/mol. The summed E-state index contributed by atoms with van der Waals surface area (Å²) in [6.07, 6.45) is 1.57. The van der Waals surface area contributed by atoms with E-state index in [1.807, 2.05) is 0 Å². The number of carbonyl (C=O) groups is 1. The highest BCUT2D eigenvalue weighted by Crippen LogP contribution is 2.30. The second-order valence-electron chi connectivity index (χ2n) is 5.30. The molecule has 2 heterocycles. The molecule has 3 rings (SSSR count). The average Bonchev–Trinajstić information content (AvgIpc) is 2.90. The maximum Gasteiger partial charge on any atom is 0.263 e. The quantitative estimate of drug-likeness (QED) is 0.911. The van der Waals surface area contributed by atoms with Crippen LogP contribution in [0.3, 0.4) is 0 Å². The Morgan fingerprint density at radius 1 is 1.35 bits per heavy atom. The predicted octanol–water partition coefficient (Wildman–Crippen LogP) is 1.95. The van der Waals surface area contributed by atoms with Crippen molar-refractivity contribution in [3.63, 3.8) is 0 Å². The Bertz CT molecular complexity index is 861. The molecule has 0 atom stereocenters. The van der Waals surface area contributed by atoms with E-state index in [4.69, 9.17) is 0 Å². The van der Waals surface area contributed by atoms with E-state index < -0.39 is 10.0 Å². The van der Waals surface area contributed by atoms with Crippen molar-refractivity contribution < 1.29 is 13.2 Å². The summed E-state index contributed by atoms with van der Waals surface area (Å²) in [5.41, 5.74) is 1.65. The van der Waals surface area contributed by atoms with Crippen LogP contribution in [0, 0.1) is 6.92 Å². The van der Waals surface area contributed by atoms with Crippen LogP contribution >= 0.6 is 11.3 Å². The lowest BCUT2D eigenvalue weighted by atomic mass is 10.0. The molecule has 1 aliphatic rings. The molecule has 122 valence electrons. The zero-order valence-electron chi connectivity index (χ0n) is 12.7. The van der Waals surface area contributed by atoms with Gasteiger partial charge in [0.15, 0.2) is 0 Å². The molecule has 23 heavy (non-hydrogen) atoms. The molecule has 1 aromatic heterocycles. The standard InChI is InChI=1S/C14H16N4O3S2/c1-9-15-16-14(22-9)17-23(20,21)12-5-6-13-11(8-12)4-3-7-18(13)10(2)19/h5-6,8H,3-4,7H2,1-2H3,(H,16,17). The van der Waals surface area contributed by atoms with E-state index in [2.05, 4.69) is 14.9 Å². The van der Waals surface area contributed by atoms with Gasteiger partial charge in [-0.15, -0.1) is 10.2 Å². The van der Waals surface area contributed by atoms with Gasteiger partial charge in [0.05, 0.1) is 4.90 Å². The van der Waals surface area contributed by atoms with Crippen LogP contribution in [-0.2, 0) is 21.2 Å². The Balaban J connectivity index is 1.93. The number of aryl methyl sites for hydroxylation is 2. The number of sulfonamides is 1. The van der Waals surface area contributed by atoms with E-state index in [9.17, 15) is 13.2 Å².